The summed E-state index contributed by atoms with van der Waals surface area (Å²) in [4.78, 5) is 12.3. The fraction of sp³-hybridized carbons (Fsp3) is 0.533. The largest absolute Gasteiger partial charge is 0.352 e. The van der Waals surface area contributed by atoms with E-state index in [1.165, 1.54) is 0 Å². The summed E-state index contributed by atoms with van der Waals surface area (Å²) >= 11 is 3.51. The Balaban J connectivity index is 1.94. The van der Waals surface area contributed by atoms with Gasteiger partial charge in [0.05, 0.1) is 28.8 Å². The molecule has 2 heterocycles. The second kappa shape index (κ2) is 6.64. The van der Waals surface area contributed by atoms with Gasteiger partial charge in [-0.1, -0.05) is 6.92 Å². The lowest BCUT2D eigenvalue weighted by atomic mass is 10.1. The number of nitrogens with one attached hydrogen (secondary N) is 1. The minimum atomic E-state index is -0.151. The second-order valence-electron chi connectivity index (χ2n) is 5.66. The van der Waals surface area contributed by atoms with Crippen molar-refractivity contribution in [2.24, 2.45) is 13.0 Å². The molecule has 1 amide bonds. The van der Waals surface area contributed by atoms with Gasteiger partial charge in [-0.05, 0) is 36.7 Å². The molecular formula is C15H22BrN5O. The van der Waals surface area contributed by atoms with Crippen LogP contribution in [0.5, 0.6) is 0 Å². The van der Waals surface area contributed by atoms with Gasteiger partial charge in [0.25, 0.3) is 0 Å². The number of halogens is 1. The van der Waals surface area contributed by atoms with Crippen molar-refractivity contribution in [3.63, 3.8) is 0 Å². The summed E-state index contributed by atoms with van der Waals surface area (Å²) in [6.45, 7) is 8.91. The molecule has 7 heteroatoms. The van der Waals surface area contributed by atoms with Crippen LogP contribution in [-0.2, 0) is 24.9 Å². The van der Waals surface area contributed by atoms with Crippen molar-refractivity contribution in [3.05, 3.63) is 33.3 Å². The normalized spacial score (nSPS) is 12.5. The van der Waals surface area contributed by atoms with Crippen LogP contribution in [0.1, 0.15) is 29.6 Å². The van der Waals surface area contributed by atoms with Crippen molar-refractivity contribution in [2.45, 2.75) is 40.8 Å². The highest BCUT2D eigenvalue weighted by Crippen LogP contribution is 2.20. The third-order valence-electron chi connectivity index (χ3n) is 3.98. The predicted octanol–water partition coefficient (Wildman–Crippen LogP) is 2.26. The number of amides is 1. The first-order valence-electron chi connectivity index (χ1n) is 7.26. The average molecular weight is 368 g/mol. The van der Waals surface area contributed by atoms with E-state index in [0.29, 0.717) is 13.1 Å². The predicted molar refractivity (Wildman–Crippen MR) is 88.4 cm³/mol. The number of aromatic nitrogens is 4. The SMILES string of the molecule is Cc1nn(CC(C)C(=O)NCc2cnn(C)c2C)c(C)c1Br. The summed E-state index contributed by atoms with van der Waals surface area (Å²) < 4.78 is 4.68. The van der Waals surface area contributed by atoms with E-state index in [9.17, 15) is 4.79 Å². The Kier molecular flexibility index (Phi) is 5.05. The maximum atomic E-state index is 12.3. The van der Waals surface area contributed by atoms with E-state index in [1.54, 1.807) is 10.9 Å². The van der Waals surface area contributed by atoms with Crippen LogP contribution in [0.15, 0.2) is 10.7 Å². The maximum absolute atomic E-state index is 12.3. The first kappa shape index (κ1) is 16.7. The van der Waals surface area contributed by atoms with Gasteiger partial charge < -0.3 is 5.32 Å². The molecule has 2 aromatic rings. The topological polar surface area (TPSA) is 64.7 Å². The molecule has 0 aliphatic rings. The van der Waals surface area contributed by atoms with E-state index < -0.39 is 0 Å². The summed E-state index contributed by atoms with van der Waals surface area (Å²) in [5.41, 5.74) is 4.09. The Labute approximate surface area is 139 Å². The highest BCUT2D eigenvalue weighted by atomic mass is 79.9. The Morgan fingerprint density at radius 2 is 2.05 bits per heavy atom. The number of hydrogen-bond acceptors (Lipinski definition) is 3. The quantitative estimate of drug-likeness (QED) is 0.881. The van der Waals surface area contributed by atoms with Gasteiger partial charge in [0.15, 0.2) is 0 Å². The summed E-state index contributed by atoms with van der Waals surface area (Å²) in [6.07, 6.45) is 1.79. The van der Waals surface area contributed by atoms with Gasteiger partial charge >= 0.3 is 0 Å². The highest BCUT2D eigenvalue weighted by molar-refractivity contribution is 9.10. The summed E-state index contributed by atoms with van der Waals surface area (Å²) in [5, 5.41) is 11.6. The summed E-state index contributed by atoms with van der Waals surface area (Å²) in [5.74, 6) is -0.131. The number of rotatable bonds is 5. The molecule has 0 saturated carbocycles. The molecule has 1 atom stereocenters. The number of carbonyl (C=O) groups is 1. The molecule has 0 spiro atoms. The molecule has 1 N–H and O–H groups in total. The Morgan fingerprint density at radius 1 is 1.36 bits per heavy atom. The first-order chi connectivity index (χ1) is 10.3. The van der Waals surface area contributed by atoms with Crippen molar-refractivity contribution >= 4 is 21.8 Å². The van der Waals surface area contributed by atoms with Gasteiger partial charge in [-0.3, -0.25) is 14.2 Å². The molecule has 0 radical (unpaired) electrons. The zero-order chi connectivity index (χ0) is 16.4. The highest BCUT2D eigenvalue weighted by Gasteiger charge is 2.17. The zero-order valence-corrected chi connectivity index (χ0v) is 15.2. The van der Waals surface area contributed by atoms with E-state index >= 15 is 0 Å². The van der Waals surface area contributed by atoms with Crippen LogP contribution in [0, 0.1) is 26.7 Å². The second-order valence-corrected chi connectivity index (χ2v) is 6.46. The minimum absolute atomic E-state index is 0.0203. The molecule has 0 aliphatic heterocycles. The fourth-order valence-electron chi connectivity index (χ4n) is 2.27. The molecule has 1 unspecified atom stereocenters. The van der Waals surface area contributed by atoms with E-state index in [-0.39, 0.29) is 11.8 Å². The Morgan fingerprint density at radius 3 is 2.55 bits per heavy atom. The first-order valence-corrected chi connectivity index (χ1v) is 8.05. The lowest BCUT2D eigenvalue weighted by Crippen LogP contribution is -2.31. The van der Waals surface area contributed by atoms with Crippen molar-refractivity contribution in [3.8, 4) is 0 Å². The molecule has 2 aromatic heterocycles. The fourth-order valence-corrected chi connectivity index (χ4v) is 2.55. The number of hydrogen-bond donors (Lipinski definition) is 1. The van der Waals surface area contributed by atoms with Crippen LogP contribution in [0.4, 0.5) is 0 Å². The average Bonchev–Trinajstić information content (AvgIpc) is 2.92. The maximum Gasteiger partial charge on any atom is 0.224 e. The van der Waals surface area contributed by atoms with E-state index in [1.807, 2.05) is 39.4 Å². The third kappa shape index (κ3) is 3.40. The van der Waals surface area contributed by atoms with Crippen LogP contribution in [0.3, 0.4) is 0 Å². The summed E-state index contributed by atoms with van der Waals surface area (Å²) in [7, 11) is 1.89. The standard InChI is InChI=1S/C15H22BrN5O/c1-9(8-21-12(4)14(16)10(2)19-21)15(22)17-6-13-7-18-20(5)11(13)3/h7,9H,6,8H2,1-5H3,(H,17,22). The lowest BCUT2D eigenvalue weighted by molar-refractivity contribution is -0.125. The lowest BCUT2D eigenvalue weighted by Gasteiger charge is -2.13. The van der Waals surface area contributed by atoms with E-state index in [4.69, 9.17) is 0 Å². The van der Waals surface area contributed by atoms with Gasteiger partial charge in [-0.15, -0.1) is 0 Å². The van der Waals surface area contributed by atoms with E-state index in [0.717, 1.165) is 27.1 Å². The van der Waals surface area contributed by atoms with Crippen LogP contribution >= 0.6 is 15.9 Å². The molecule has 6 nitrogen and oxygen atoms in total. The molecule has 0 aliphatic carbocycles. The molecule has 0 fully saturated rings. The molecule has 2 rings (SSSR count). The van der Waals surface area contributed by atoms with Crippen molar-refractivity contribution in [1.82, 2.24) is 24.9 Å². The monoisotopic (exact) mass is 367 g/mol. The molecule has 120 valence electrons. The number of aryl methyl sites for hydroxylation is 2. The van der Waals surface area contributed by atoms with Gasteiger partial charge in [0, 0.05) is 30.5 Å². The number of nitrogens with zero attached hydrogens (tertiary/aromatic N) is 4. The van der Waals surface area contributed by atoms with Crippen LogP contribution in [-0.4, -0.2) is 25.5 Å². The van der Waals surface area contributed by atoms with Gasteiger partial charge in [-0.2, -0.15) is 10.2 Å². The Hall–Kier alpha value is -1.63. The van der Waals surface area contributed by atoms with E-state index in [2.05, 4.69) is 31.4 Å². The van der Waals surface area contributed by atoms with Crippen molar-refractivity contribution in [1.29, 1.82) is 0 Å². The Bertz CT molecular complexity index is 688. The van der Waals surface area contributed by atoms with Crippen molar-refractivity contribution < 1.29 is 4.79 Å². The molecule has 0 bridgehead atoms. The van der Waals surface area contributed by atoms with Crippen LogP contribution < -0.4 is 5.32 Å². The third-order valence-corrected chi connectivity index (χ3v) is 5.13. The van der Waals surface area contributed by atoms with Crippen molar-refractivity contribution in [2.75, 3.05) is 0 Å². The molecule has 0 aromatic carbocycles. The smallest absolute Gasteiger partial charge is 0.224 e. The van der Waals surface area contributed by atoms with Gasteiger partial charge in [0.2, 0.25) is 5.91 Å². The van der Waals surface area contributed by atoms with Gasteiger partial charge in [-0.25, -0.2) is 0 Å². The zero-order valence-electron chi connectivity index (χ0n) is 13.6. The molecule has 0 saturated heterocycles. The van der Waals surface area contributed by atoms with Crippen LogP contribution in [0.25, 0.3) is 0 Å². The summed E-state index contributed by atoms with van der Waals surface area (Å²) in [6, 6.07) is 0. The van der Waals surface area contributed by atoms with Gasteiger partial charge in [0.1, 0.15) is 0 Å². The molecule has 22 heavy (non-hydrogen) atoms. The number of carbonyl (C=O) groups excluding carboxylic acids is 1. The molecular weight excluding hydrogens is 346 g/mol. The van der Waals surface area contributed by atoms with Crippen LogP contribution in [0.2, 0.25) is 0 Å². The minimum Gasteiger partial charge on any atom is -0.352 e.